The number of aliphatic hydroxyl groups excluding tert-OH is 3. The van der Waals surface area contributed by atoms with Gasteiger partial charge in [0.05, 0.1) is 6.61 Å². The normalized spacial score (nSPS) is 23.0. The van der Waals surface area contributed by atoms with Crippen molar-refractivity contribution in [2.45, 2.75) is 30.0 Å². The number of imidazole rings is 1. The standard InChI is InChI=1S/C27H26N2O4/c30-18-22-23(31)24(32)25(33-22)26-28-16-17-29(26)27(19-10-4-1-5-11-19,20-12-6-2-7-13-20)21-14-8-3-9-15-21/h1-17,22-25,30-32H,18H2/t22-,23-,24-,25-/m1/s1. The van der Waals surface area contributed by atoms with Crippen LogP contribution in [0.1, 0.15) is 28.6 Å². The predicted octanol–water partition coefficient (Wildman–Crippen LogP) is 2.88. The van der Waals surface area contributed by atoms with Crippen LogP contribution in [0, 0.1) is 0 Å². The minimum atomic E-state index is -1.22. The summed E-state index contributed by atoms with van der Waals surface area (Å²) in [6.45, 7) is -0.392. The number of rotatable bonds is 6. The van der Waals surface area contributed by atoms with Gasteiger partial charge in [0.15, 0.2) is 0 Å². The molecule has 0 unspecified atom stereocenters. The number of nitrogens with zero attached hydrogens (tertiary/aromatic N) is 2. The van der Waals surface area contributed by atoms with E-state index >= 15 is 0 Å². The molecule has 3 N–H and O–H groups in total. The monoisotopic (exact) mass is 442 g/mol. The number of hydrogen-bond acceptors (Lipinski definition) is 5. The van der Waals surface area contributed by atoms with Gasteiger partial charge in [0.2, 0.25) is 0 Å². The highest BCUT2D eigenvalue weighted by Gasteiger charge is 2.48. The summed E-state index contributed by atoms with van der Waals surface area (Å²) < 4.78 is 7.90. The summed E-state index contributed by atoms with van der Waals surface area (Å²) in [7, 11) is 0. The quantitative estimate of drug-likeness (QED) is 0.400. The summed E-state index contributed by atoms with van der Waals surface area (Å²) in [5.74, 6) is 0.467. The first kappa shape index (κ1) is 21.6. The molecule has 0 bridgehead atoms. The van der Waals surface area contributed by atoms with Crippen molar-refractivity contribution in [3.8, 4) is 0 Å². The van der Waals surface area contributed by atoms with Gasteiger partial charge in [0.1, 0.15) is 35.8 Å². The highest BCUT2D eigenvalue weighted by molar-refractivity contribution is 5.51. The minimum Gasteiger partial charge on any atom is -0.394 e. The Kier molecular flexibility index (Phi) is 5.83. The number of aliphatic hydroxyl groups is 3. The second-order valence-electron chi connectivity index (χ2n) is 8.22. The SMILES string of the molecule is OC[C@H]1O[C@@H](c2nccn2C(c2ccccc2)(c2ccccc2)c2ccccc2)[C@H](O)[C@@H]1O. The summed E-state index contributed by atoms with van der Waals surface area (Å²) in [5.41, 5.74) is 2.20. The first-order valence-electron chi connectivity index (χ1n) is 11.0. The average Bonchev–Trinajstić information content (AvgIpc) is 3.47. The van der Waals surface area contributed by atoms with Gasteiger partial charge in [0, 0.05) is 12.4 Å². The van der Waals surface area contributed by atoms with E-state index in [9.17, 15) is 15.3 Å². The summed E-state index contributed by atoms with van der Waals surface area (Å²) in [6.07, 6.45) is -0.657. The van der Waals surface area contributed by atoms with Gasteiger partial charge in [-0.05, 0) is 16.7 Å². The lowest BCUT2D eigenvalue weighted by molar-refractivity contribution is -0.0267. The van der Waals surface area contributed by atoms with Gasteiger partial charge >= 0.3 is 0 Å². The van der Waals surface area contributed by atoms with Crippen molar-refractivity contribution in [2.24, 2.45) is 0 Å². The predicted molar refractivity (Wildman–Crippen MR) is 124 cm³/mol. The number of ether oxygens (including phenoxy) is 1. The molecule has 168 valence electrons. The second-order valence-corrected chi connectivity index (χ2v) is 8.22. The maximum atomic E-state index is 10.8. The molecule has 6 heteroatoms. The molecule has 0 saturated carbocycles. The maximum absolute atomic E-state index is 10.8. The molecule has 5 rings (SSSR count). The smallest absolute Gasteiger partial charge is 0.144 e. The molecule has 0 amide bonds. The third kappa shape index (κ3) is 3.48. The van der Waals surface area contributed by atoms with E-state index in [0.717, 1.165) is 16.7 Å². The molecule has 0 radical (unpaired) electrons. The molecule has 1 fully saturated rings. The number of hydrogen-bond donors (Lipinski definition) is 3. The number of benzene rings is 3. The van der Waals surface area contributed by atoms with Crippen LogP contribution in [-0.2, 0) is 10.3 Å². The zero-order chi connectivity index (χ0) is 22.8. The van der Waals surface area contributed by atoms with Gasteiger partial charge in [0.25, 0.3) is 0 Å². The third-order valence-corrected chi connectivity index (χ3v) is 6.40. The van der Waals surface area contributed by atoms with Crippen LogP contribution in [0.25, 0.3) is 0 Å². The van der Waals surface area contributed by atoms with E-state index in [4.69, 9.17) is 4.74 Å². The Morgan fingerprint density at radius 3 is 1.67 bits per heavy atom. The van der Waals surface area contributed by atoms with Crippen LogP contribution in [0.4, 0.5) is 0 Å². The van der Waals surface area contributed by atoms with Crippen LogP contribution in [-0.4, -0.2) is 49.8 Å². The Hall–Kier alpha value is -3.29. The van der Waals surface area contributed by atoms with Crippen molar-refractivity contribution in [1.82, 2.24) is 9.55 Å². The van der Waals surface area contributed by atoms with E-state index in [1.54, 1.807) is 6.20 Å². The molecule has 2 heterocycles. The lowest BCUT2D eigenvalue weighted by Gasteiger charge is -2.39. The summed E-state index contributed by atoms with van der Waals surface area (Å²) in [6, 6.07) is 30.3. The highest BCUT2D eigenvalue weighted by atomic mass is 16.6. The Morgan fingerprint density at radius 2 is 1.24 bits per heavy atom. The van der Waals surface area contributed by atoms with Gasteiger partial charge in [-0.15, -0.1) is 0 Å². The summed E-state index contributed by atoms with van der Waals surface area (Å²) in [4.78, 5) is 4.58. The van der Waals surface area contributed by atoms with E-state index < -0.39 is 36.6 Å². The van der Waals surface area contributed by atoms with Crippen molar-refractivity contribution in [3.05, 3.63) is 126 Å². The van der Waals surface area contributed by atoms with E-state index in [1.165, 1.54) is 0 Å². The van der Waals surface area contributed by atoms with E-state index in [2.05, 4.69) is 41.4 Å². The Labute approximate surface area is 192 Å². The molecule has 6 nitrogen and oxygen atoms in total. The molecular weight excluding hydrogens is 416 g/mol. The molecule has 3 aromatic carbocycles. The Bertz CT molecular complexity index is 1080. The molecule has 33 heavy (non-hydrogen) atoms. The van der Waals surface area contributed by atoms with Crippen molar-refractivity contribution >= 4 is 0 Å². The second kappa shape index (κ2) is 8.92. The summed E-state index contributed by atoms with van der Waals surface area (Å²) in [5, 5.41) is 30.8. The molecule has 1 aliphatic rings. The first-order chi connectivity index (χ1) is 16.2. The molecule has 0 spiro atoms. The molecule has 1 saturated heterocycles. The molecule has 4 aromatic rings. The van der Waals surface area contributed by atoms with E-state index in [-0.39, 0.29) is 0 Å². The average molecular weight is 443 g/mol. The van der Waals surface area contributed by atoms with Crippen LogP contribution in [0.5, 0.6) is 0 Å². The van der Waals surface area contributed by atoms with Crippen LogP contribution in [0.3, 0.4) is 0 Å². The van der Waals surface area contributed by atoms with Crippen LogP contribution in [0.15, 0.2) is 103 Å². The summed E-state index contributed by atoms with van der Waals surface area (Å²) >= 11 is 0. The minimum absolute atomic E-state index is 0.392. The van der Waals surface area contributed by atoms with Crippen molar-refractivity contribution in [3.63, 3.8) is 0 Å². The van der Waals surface area contributed by atoms with Crippen LogP contribution in [0.2, 0.25) is 0 Å². The zero-order valence-electron chi connectivity index (χ0n) is 18.0. The van der Waals surface area contributed by atoms with Crippen molar-refractivity contribution in [1.29, 1.82) is 0 Å². The van der Waals surface area contributed by atoms with Crippen LogP contribution < -0.4 is 0 Å². The van der Waals surface area contributed by atoms with Gasteiger partial charge in [-0.25, -0.2) is 4.98 Å². The largest absolute Gasteiger partial charge is 0.394 e. The fourth-order valence-corrected chi connectivity index (χ4v) is 4.88. The Morgan fingerprint density at radius 1 is 0.758 bits per heavy atom. The van der Waals surface area contributed by atoms with Crippen molar-refractivity contribution < 1.29 is 20.1 Å². The molecule has 0 aliphatic carbocycles. The third-order valence-electron chi connectivity index (χ3n) is 6.40. The fourth-order valence-electron chi connectivity index (χ4n) is 4.88. The topological polar surface area (TPSA) is 87.7 Å². The molecule has 1 aromatic heterocycles. The highest BCUT2D eigenvalue weighted by Crippen LogP contribution is 2.44. The van der Waals surface area contributed by atoms with Gasteiger partial charge in [-0.3, -0.25) is 0 Å². The van der Waals surface area contributed by atoms with E-state index in [1.807, 2.05) is 65.4 Å². The lowest BCUT2D eigenvalue weighted by Crippen LogP contribution is -2.40. The fraction of sp³-hybridized carbons (Fsp3) is 0.222. The molecule has 1 aliphatic heterocycles. The Balaban J connectivity index is 1.81. The van der Waals surface area contributed by atoms with Crippen molar-refractivity contribution in [2.75, 3.05) is 6.61 Å². The van der Waals surface area contributed by atoms with Gasteiger partial charge in [-0.2, -0.15) is 0 Å². The molecule has 4 atom stereocenters. The first-order valence-corrected chi connectivity index (χ1v) is 11.0. The number of aromatic nitrogens is 2. The maximum Gasteiger partial charge on any atom is 0.144 e. The van der Waals surface area contributed by atoms with E-state index in [0.29, 0.717) is 5.82 Å². The van der Waals surface area contributed by atoms with Gasteiger partial charge in [-0.1, -0.05) is 91.0 Å². The lowest BCUT2D eigenvalue weighted by atomic mass is 9.76. The van der Waals surface area contributed by atoms with Gasteiger partial charge < -0.3 is 24.6 Å². The van der Waals surface area contributed by atoms with Crippen LogP contribution >= 0.6 is 0 Å². The zero-order valence-corrected chi connectivity index (χ0v) is 18.0. The molecular formula is C27H26N2O4.